The molecule has 0 aliphatic heterocycles. The maximum Gasteiger partial charge on any atom is 0.287 e. The van der Waals surface area contributed by atoms with Gasteiger partial charge in [-0.2, -0.15) is 0 Å². The Kier molecular flexibility index (Phi) is 3.49. The minimum Gasteiger partial charge on any atom is -0.451 e. The molecule has 1 fully saturated rings. The first-order chi connectivity index (χ1) is 10.0. The molecule has 2 aromatic rings. The Labute approximate surface area is 124 Å². The van der Waals surface area contributed by atoms with E-state index in [2.05, 4.69) is 5.32 Å². The van der Waals surface area contributed by atoms with Crippen LogP contribution in [0.5, 0.6) is 0 Å². The summed E-state index contributed by atoms with van der Waals surface area (Å²) in [6.45, 7) is 4.57. The number of fused-ring (bicyclic) bond motifs is 1. The van der Waals surface area contributed by atoms with Gasteiger partial charge in [0.05, 0.1) is 6.61 Å². The molecule has 1 saturated carbocycles. The molecule has 0 radical (unpaired) electrons. The van der Waals surface area contributed by atoms with E-state index < -0.39 is 0 Å². The van der Waals surface area contributed by atoms with Crippen LogP contribution in [0.1, 0.15) is 40.9 Å². The molecule has 0 unspecified atom stereocenters. The minimum atomic E-state index is -0.193. The molecule has 1 aliphatic carbocycles. The number of hydrogen-bond acceptors (Lipinski definition) is 3. The monoisotopic (exact) mass is 287 g/mol. The number of furan rings is 1. The highest BCUT2D eigenvalue weighted by Gasteiger charge is 2.36. The summed E-state index contributed by atoms with van der Waals surface area (Å²) in [6, 6.07) is 5.91. The van der Waals surface area contributed by atoms with E-state index in [0.29, 0.717) is 12.3 Å². The summed E-state index contributed by atoms with van der Waals surface area (Å²) < 4.78 is 5.69. The standard InChI is InChI=1S/C17H21NO3/c1-11-4-5-14-13(8-11)12(2)15(21-14)16(20)18-9-17(10-19)6-3-7-17/h4-5,8,19H,3,6-7,9-10H2,1-2H3,(H,18,20). The second-order valence-electron chi connectivity index (χ2n) is 6.25. The summed E-state index contributed by atoms with van der Waals surface area (Å²) in [5.41, 5.74) is 2.64. The van der Waals surface area contributed by atoms with Crippen LogP contribution in [0, 0.1) is 19.3 Å². The van der Waals surface area contributed by atoms with Gasteiger partial charge in [0, 0.05) is 22.9 Å². The third kappa shape index (κ3) is 2.44. The molecule has 1 aromatic carbocycles. The zero-order valence-corrected chi connectivity index (χ0v) is 12.5. The zero-order valence-electron chi connectivity index (χ0n) is 12.5. The average molecular weight is 287 g/mol. The average Bonchev–Trinajstić information content (AvgIpc) is 2.75. The fourth-order valence-corrected chi connectivity index (χ4v) is 2.97. The Morgan fingerprint density at radius 2 is 2.14 bits per heavy atom. The highest BCUT2D eigenvalue weighted by atomic mass is 16.3. The van der Waals surface area contributed by atoms with E-state index in [4.69, 9.17) is 4.42 Å². The Balaban J connectivity index is 1.80. The fourth-order valence-electron chi connectivity index (χ4n) is 2.97. The maximum atomic E-state index is 12.3. The largest absolute Gasteiger partial charge is 0.451 e. The van der Waals surface area contributed by atoms with Crippen molar-refractivity contribution in [3.8, 4) is 0 Å². The van der Waals surface area contributed by atoms with Gasteiger partial charge in [-0.15, -0.1) is 0 Å². The van der Waals surface area contributed by atoms with Gasteiger partial charge in [0.15, 0.2) is 5.76 Å². The second kappa shape index (κ2) is 5.19. The molecule has 0 atom stereocenters. The highest BCUT2D eigenvalue weighted by Crippen LogP contribution is 2.39. The van der Waals surface area contributed by atoms with E-state index in [1.165, 1.54) is 0 Å². The predicted octanol–water partition coefficient (Wildman–Crippen LogP) is 2.94. The van der Waals surface area contributed by atoms with Crippen molar-refractivity contribution >= 4 is 16.9 Å². The number of amides is 1. The molecule has 4 heteroatoms. The van der Waals surface area contributed by atoms with Crippen molar-refractivity contribution in [2.75, 3.05) is 13.2 Å². The maximum absolute atomic E-state index is 12.3. The number of nitrogens with one attached hydrogen (secondary N) is 1. The number of aliphatic hydroxyl groups excluding tert-OH is 1. The molecule has 1 heterocycles. The van der Waals surface area contributed by atoms with Gasteiger partial charge < -0.3 is 14.8 Å². The lowest BCUT2D eigenvalue weighted by atomic mass is 9.69. The van der Waals surface area contributed by atoms with Gasteiger partial charge in [-0.05, 0) is 38.8 Å². The number of carbonyl (C=O) groups excluding carboxylic acids is 1. The molecule has 1 aliphatic rings. The zero-order chi connectivity index (χ0) is 15.0. The summed E-state index contributed by atoms with van der Waals surface area (Å²) in [5.74, 6) is 0.184. The van der Waals surface area contributed by atoms with Crippen molar-refractivity contribution in [3.05, 3.63) is 35.1 Å². The third-order valence-corrected chi connectivity index (χ3v) is 4.67. The summed E-state index contributed by atoms with van der Waals surface area (Å²) in [7, 11) is 0. The number of rotatable bonds is 4. The van der Waals surface area contributed by atoms with Gasteiger partial charge in [0.1, 0.15) is 5.58 Å². The summed E-state index contributed by atoms with van der Waals surface area (Å²) in [5, 5.41) is 13.3. The van der Waals surface area contributed by atoms with Crippen LogP contribution in [0.3, 0.4) is 0 Å². The van der Waals surface area contributed by atoms with Gasteiger partial charge in [0.2, 0.25) is 0 Å². The molecule has 112 valence electrons. The molecular weight excluding hydrogens is 266 g/mol. The fraction of sp³-hybridized carbons (Fsp3) is 0.471. The van der Waals surface area contributed by atoms with Gasteiger partial charge >= 0.3 is 0 Å². The number of carbonyl (C=O) groups is 1. The van der Waals surface area contributed by atoms with Crippen LogP contribution in [-0.4, -0.2) is 24.2 Å². The van der Waals surface area contributed by atoms with E-state index in [-0.39, 0.29) is 17.9 Å². The molecule has 0 bridgehead atoms. The Hall–Kier alpha value is -1.81. The first kappa shape index (κ1) is 14.1. The van der Waals surface area contributed by atoms with Crippen LogP contribution in [0.4, 0.5) is 0 Å². The van der Waals surface area contributed by atoms with Gasteiger partial charge in [-0.3, -0.25) is 4.79 Å². The Morgan fingerprint density at radius 3 is 2.76 bits per heavy atom. The summed E-state index contributed by atoms with van der Waals surface area (Å²) >= 11 is 0. The van der Waals surface area contributed by atoms with Crippen molar-refractivity contribution < 1.29 is 14.3 Å². The van der Waals surface area contributed by atoms with Crippen LogP contribution < -0.4 is 5.32 Å². The molecule has 3 rings (SSSR count). The first-order valence-electron chi connectivity index (χ1n) is 7.43. The number of hydrogen-bond donors (Lipinski definition) is 2. The lowest BCUT2D eigenvalue weighted by Gasteiger charge is -2.40. The van der Waals surface area contributed by atoms with Crippen molar-refractivity contribution in [1.29, 1.82) is 0 Å². The van der Waals surface area contributed by atoms with Crippen LogP contribution >= 0.6 is 0 Å². The lowest BCUT2D eigenvalue weighted by Crippen LogP contribution is -2.44. The van der Waals surface area contributed by atoms with E-state index >= 15 is 0 Å². The van der Waals surface area contributed by atoms with Crippen molar-refractivity contribution in [3.63, 3.8) is 0 Å². The van der Waals surface area contributed by atoms with E-state index in [1.54, 1.807) is 0 Å². The SMILES string of the molecule is Cc1ccc2oc(C(=O)NCC3(CO)CCC3)c(C)c2c1. The molecule has 0 spiro atoms. The highest BCUT2D eigenvalue weighted by molar-refractivity contribution is 5.99. The normalized spacial score (nSPS) is 16.7. The van der Waals surface area contributed by atoms with Crippen LogP contribution in [0.25, 0.3) is 11.0 Å². The van der Waals surface area contributed by atoms with Crippen LogP contribution in [-0.2, 0) is 0 Å². The van der Waals surface area contributed by atoms with E-state index in [9.17, 15) is 9.90 Å². The summed E-state index contributed by atoms with van der Waals surface area (Å²) in [6.07, 6.45) is 3.07. The molecule has 21 heavy (non-hydrogen) atoms. The van der Waals surface area contributed by atoms with E-state index in [1.807, 2.05) is 32.0 Å². The topological polar surface area (TPSA) is 62.5 Å². The van der Waals surface area contributed by atoms with Gasteiger partial charge in [-0.25, -0.2) is 0 Å². The quantitative estimate of drug-likeness (QED) is 0.908. The molecule has 0 saturated heterocycles. The molecule has 1 aromatic heterocycles. The van der Waals surface area contributed by atoms with Crippen molar-refractivity contribution in [2.24, 2.45) is 5.41 Å². The first-order valence-corrected chi connectivity index (χ1v) is 7.43. The molecule has 2 N–H and O–H groups in total. The van der Waals surface area contributed by atoms with Crippen molar-refractivity contribution in [1.82, 2.24) is 5.32 Å². The van der Waals surface area contributed by atoms with Gasteiger partial charge in [0.25, 0.3) is 5.91 Å². The Morgan fingerprint density at radius 1 is 1.38 bits per heavy atom. The van der Waals surface area contributed by atoms with Crippen molar-refractivity contribution in [2.45, 2.75) is 33.1 Å². The number of aryl methyl sites for hydroxylation is 2. The second-order valence-corrected chi connectivity index (χ2v) is 6.25. The summed E-state index contributed by atoms with van der Waals surface area (Å²) in [4.78, 5) is 12.3. The smallest absolute Gasteiger partial charge is 0.287 e. The number of aliphatic hydroxyl groups is 1. The third-order valence-electron chi connectivity index (χ3n) is 4.67. The predicted molar refractivity (Wildman–Crippen MR) is 81.4 cm³/mol. The lowest BCUT2D eigenvalue weighted by molar-refractivity contribution is 0.0424. The van der Waals surface area contributed by atoms with Crippen LogP contribution in [0.2, 0.25) is 0 Å². The van der Waals surface area contributed by atoms with E-state index in [0.717, 1.165) is 41.4 Å². The molecular formula is C17H21NO3. The number of benzene rings is 1. The Bertz CT molecular complexity index is 677. The molecule has 4 nitrogen and oxygen atoms in total. The van der Waals surface area contributed by atoms with Gasteiger partial charge in [-0.1, -0.05) is 18.1 Å². The molecule has 1 amide bonds. The minimum absolute atomic E-state index is 0.119. The van der Waals surface area contributed by atoms with Crippen LogP contribution in [0.15, 0.2) is 22.6 Å².